The predicted octanol–water partition coefficient (Wildman–Crippen LogP) is 5.17. The molecule has 0 radical (unpaired) electrons. The molecule has 6 nitrogen and oxygen atoms in total. The van der Waals surface area contributed by atoms with E-state index in [1.165, 1.54) is 0 Å². The van der Waals surface area contributed by atoms with Crippen molar-refractivity contribution in [3.05, 3.63) is 70.4 Å². The van der Waals surface area contributed by atoms with Gasteiger partial charge in [0.05, 0.1) is 24.3 Å². The molecule has 0 bridgehead atoms. The van der Waals surface area contributed by atoms with E-state index in [0.29, 0.717) is 11.3 Å². The summed E-state index contributed by atoms with van der Waals surface area (Å²) in [5, 5.41) is 12.6. The Morgan fingerprint density at radius 2 is 1.79 bits per heavy atom. The third-order valence-electron chi connectivity index (χ3n) is 7.30. The van der Waals surface area contributed by atoms with Gasteiger partial charge in [0.15, 0.2) is 0 Å². The molecule has 3 aromatic rings. The van der Waals surface area contributed by atoms with E-state index in [4.69, 9.17) is 4.74 Å². The molecular formula is C28H30N2O4. The molecule has 2 heterocycles. The number of hydrogen-bond donors (Lipinski definition) is 1. The van der Waals surface area contributed by atoms with E-state index in [1.54, 1.807) is 12.0 Å². The first-order valence-electron chi connectivity index (χ1n) is 11.8. The zero-order valence-corrected chi connectivity index (χ0v) is 20.1. The molecule has 1 N–H and O–H groups in total. The van der Waals surface area contributed by atoms with Crippen LogP contribution in [0.1, 0.15) is 54.0 Å². The lowest BCUT2D eigenvalue weighted by Gasteiger charge is -2.30. The number of fused-ring (bicyclic) bond motifs is 1. The van der Waals surface area contributed by atoms with Gasteiger partial charge >= 0.3 is 0 Å². The summed E-state index contributed by atoms with van der Waals surface area (Å²) in [5.74, 6) is -0.842. The first-order chi connectivity index (χ1) is 16.3. The second-order valence-corrected chi connectivity index (χ2v) is 9.52. The summed E-state index contributed by atoms with van der Waals surface area (Å²) >= 11 is 0. The van der Waals surface area contributed by atoms with Gasteiger partial charge in [-0.1, -0.05) is 37.1 Å². The number of Topliss-reactive ketones (excluding diaryl/α,β-unsaturated/α-hetero) is 1. The molecule has 1 aliphatic carbocycles. The normalized spacial score (nSPS) is 20.6. The lowest BCUT2D eigenvalue weighted by molar-refractivity contribution is -0.141. The number of aliphatic hydroxyl groups is 1. The van der Waals surface area contributed by atoms with E-state index in [2.05, 4.69) is 0 Å². The van der Waals surface area contributed by atoms with Gasteiger partial charge in [0.2, 0.25) is 0 Å². The summed E-state index contributed by atoms with van der Waals surface area (Å²) in [7, 11) is 3.51. The van der Waals surface area contributed by atoms with Crippen molar-refractivity contribution in [3.63, 3.8) is 0 Å². The Morgan fingerprint density at radius 3 is 2.50 bits per heavy atom. The molecule has 1 saturated carbocycles. The van der Waals surface area contributed by atoms with Crippen LogP contribution in [0.3, 0.4) is 0 Å². The number of carbonyl (C=O) groups excluding carboxylic acids is 2. The standard InChI is InChI=1S/C28H30N2O4/c1-16-13-17(2)27(34-4)20(14-16)25(31)23-24(21-15-29(3)22-12-8-7-11-19(21)22)30(28(33)26(23)32)18-9-5-6-10-18/h7-8,11-15,18,24,31H,5-6,9-10H2,1-4H3/b25-23+. The van der Waals surface area contributed by atoms with Crippen LogP contribution < -0.4 is 4.74 Å². The zero-order chi connectivity index (χ0) is 24.1. The van der Waals surface area contributed by atoms with Crippen LogP contribution in [0.4, 0.5) is 0 Å². The summed E-state index contributed by atoms with van der Waals surface area (Å²) in [6, 6.07) is 11.1. The SMILES string of the molecule is COc1c(C)cc(C)cc1/C(O)=C1\C(=O)C(=O)N(C2CCCC2)C1c1cn(C)c2ccccc12. The number of para-hydroxylation sites is 1. The Balaban J connectivity index is 1.80. The van der Waals surface area contributed by atoms with Crippen LogP contribution in [-0.4, -0.2) is 39.4 Å². The van der Waals surface area contributed by atoms with Crippen molar-refractivity contribution >= 4 is 28.4 Å². The summed E-state index contributed by atoms with van der Waals surface area (Å²) in [6.45, 7) is 3.84. The molecule has 176 valence electrons. The van der Waals surface area contributed by atoms with Gasteiger partial charge in [-0.2, -0.15) is 0 Å². The average molecular weight is 459 g/mol. The number of likely N-dealkylation sites (tertiary alicyclic amines) is 1. The van der Waals surface area contributed by atoms with Gasteiger partial charge in [-0.3, -0.25) is 9.59 Å². The highest BCUT2D eigenvalue weighted by atomic mass is 16.5. The van der Waals surface area contributed by atoms with E-state index < -0.39 is 17.7 Å². The second-order valence-electron chi connectivity index (χ2n) is 9.52. The van der Waals surface area contributed by atoms with Crippen molar-refractivity contribution < 1.29 is 19.4 Å². The van der Waals surface area contributed by atoms with Crippen molar-refractivity contribution in [3.8, 4) is 5.75 Å². The molecule has 34 heavy (non-hydrogen) atoms. The monoisotopic (exact) mass is 458 g/mol. The lowest BCUT2D eigenvalue weighted by atomic mass is 9.93. The van der Waals surface area contributed by atoms with Gasteiger partial charge in [0.1, 0.15) is 11.5 Å². The van der Waals surface area contributed by atoms with E-state index in [1.807, 2.05) is 68.1 Å². The number of ketones is 1. The highest BCUT2D eigenvalue weighted by molar-refractivity contribution is 6.47. The van der Waals surface area contributed by atoms with Gasteiger partial charge in [-0.15, -0.1) is 0 Å². The van der Waals surface area contributed by atoms with Crippen LogP contribution >= 0.6 is 0 Å². The lowest BCUT2D eigenvalue weighted by Crippen LogP contribution is -2.37. The quantitative estimate of drug-likeness (QED) is 0.333. The third kappa shape index (κ3) is 3.31. The molecule has 1 saturated heterocycles. The van der Waals surface area contributed by atoms with E-state index in [0.717, 1.165) is 53.3 Å². The molecule has 1 amide bonds. The number of carbonyl (C=O) groups is 2. The highest BCUT2D eigenvalue weighted by Gasteiger charge is 2.50. The zero-order valence-electron chi connectivity index (χ0n) is 20.1. The summed E-state index contributed by atoms with van der Waals surface area (Å²) < 4.78 is 7.62. The minimum atomic E-state index is -0.653. The summed E-state index contributed by atoms with van der Waals surface area (Å²) in [4.78, 5) is 28.7. The number of amides is 1. The Bertz CT molecular complexity index is 1340. The molecule has 2 fully saturated rings. The largest absolute Gasteiger partial charge is 0.507 e. The Kier molecular flexibility index (Phi) is 5.47. The van der Waals surface area contributed by atoms with E-state index >= 15 is 0 Å². The third-order valence-corrected chi connectivity index (χ3v) is 7.30. The Hall–Kier alpha value is -3.54. The van der Waals surface area contributed by atoms with Crippen molar-refractivity contribution in [2.75, 3.05) is 7.11 Å². The fraction of sp³-hybridized carbons (Fsp3) is 0.357. The number of aliphatic hydroxyl groups excluding tert-OH is 1. The minimum Gasteiger partial charge on any atom is -0.507 e. The van der Waals surface area contributed by atoms with Crippen molar-refractivity contribution in [1.82, 2.24) is 9.47 Å². The van der Waals surface area contributed by atoms with Crippen LogP contribution in [0.5, 0.6) is 5.75 Å². The van der Waals surface area contributed by atoms with Gasteiger partial charge < -0.3 is 19.3 Å². The van der Waals surface area contributed by atoms with Crippen LogP contribution in [-0.2, 0) is 16.6 Å². The van der Waals surface area contributed by atoms with E-state index in [9.17, 15) is 14.7 Å². The maximum absolute atomic E-state index is 13.5. The first kappa shape index (κ1) is 22.3. The number of ether oxygens (including phenoxy) is 1. The molecule has 2 aromatic carbocycles. The van der Waals surface area contributed by atoms with Gasteiger partial charge in [-0.05, 0) is 49.9 Å². The molecule has 5 rings (SSSR count). The van der Waals surface area contributed by atoms with Crippen molar-refractivity contribution in [1.29, 1.82) is 0 Å². The number of hydrogen-bond acceptors (Lipinski definition) is 4. The Labute approximate surface area is 199 Å². The molecule has 1 unspecified atom stereocenters. The molecule has 6 heteroatoms. The first-order valence-corrected chi connectivity index (χ1v) is 11.8. The van der Waals surface area contributed by atoms with Crippen LogP contribution in [0.25, 0.3) is 16.7 Å². The van der Waals surface area contributed by atoms with Gasteiger partial charge in [0, 0.05) is 35.8 Å². The maximum atomic E-state index is 13.5. The topological polar surface area (TPSA) is 71.8 Å². The maximum Gasteiger partial charge on any atom is 0.295 e. The van der Waals surface area contributed by atoms with Crippen LogP contribution in [0.2, 0.25) is 0 Å². The smallest absolute Gasteiger partial charge is 0.295 e. The molecule has 0 spiro atoms. The van der Waals surface area contributed by atoms with Crippen molar-refractivity contribution in [2.24, 2.45) is 7.05 Å². The van der Waals surface area contributed by atoms with Gasteiger partial charge in [0.25, 0.3) is 11.7 Å². The number of benzene rings is 2. The van der Waals surface area contributed by atoms with Crippen LogP contribution in [0.15, 0.2) is 48.2 Å². The fourth-order valence-corrected chi connectivity index (χ4v) is 5.85. The molecule has 1 atom stereocenters. The Morgan fingerprint density at radius 1 is 1.09 bits per heavy atom. The minimum absolute atomic E-state index is 0.0214. The number of aromatic nitrogens is 1. The molecular weight excluding hydrogens is 428 g/mol. The summed E-state index contributed by atoms with van der Waals surface area (Å²) in [6.07, 6.45) is 5.76. The number of aryl methyl sites for hydroxylation is 3. The number of rotatable bonds is 4. The van der Waals surface area contributed by atoms with E-state index in [-0.39, 0.29) is 17.4 Å². The average Bonchev–Trinajstić information content (AvgIpc) is 3.51. The molecule has 2 aliphatic rings. The molecule has 1 aromatic heterocycles. The van der Waals surface area contributed by atoms with Crippen molar-refractivity contribution in [2.45, 2.75) is 51.6 Å². The molecule has 1 aliphatic heterocycles. The second kappa shape index (κ2) is 8.35. The number of methoxy groups -OCH3 is 1. The van der Waals surface area contributed by atoms with Crippen LogP contribution in [0, 0.1) is 13.8 Å². The predicted molar refractivity (Wildman–Crippen MR) is 132 cm³/mol. The van der Waals surface area contributed by atoms with Gasteiger partial charge in [-0.25, -0.2) is 0 Å². The highest BCUT2D eigenvalue weighted by Crippen LogP contribution is 2.46. The summed E-state index contributed by atoms with van der Waals surface area (Å²) in [5.41, 5.74) is 4.24. The number of nitrogens with zero attached hydrogens (tertiary/aromatic N) is 2. The fourth-order valence-electron chi connectivity index (χ4n) is 5.85.